The van der Waals surface area contributed by atoms with Gasteiger partial charge in [-0.15, -0.1) is 0 Å². The second-order valence-corrected chi connectivity index (χ2v) is 11.2. The summed E-state index contributed by atoms with van der Waals surface area (Å²) < 4.78 is 28.5. The number of fused-ring (bicyclic) bond motifs is 2. The quantitative estimate of drug-likeness (QED) is 0.141. The van der Waals surface area contributed by atoms with E-state index in [2.05, 4.69) is 10.6 Å². The lowest BCUT2D eigenvalue weighted by Gasteiger charge is -2.14. The summed E-state index contributed by atoms with van der Waals surface area (Å²) in [6.45, 7) is 3.20. The highest BCUT2D eigenvalue weighted by Gasteiger charge is 2.20. The highest BCUT2D eigenvalue weighted by molar-refractivity contribution is 7.99. The molecule has 2 amide bonds. The molecule has 2 heterocycles. The van der Waals surface area contributed by atoms with E-state index in [9.17, 15) is 14.4 Å². The first-order chi connectivity index (χ1) is 22.4. The van der Waals surface area contributed by atoms with Crippen molar-refractivity contribution in [2.45, 2.75) is 37.9 Å². The number of carbonyl (C=O) groups excluding carboxylic acids is 2. The molecule has 0 saturated heterocycles. The molecule has 242 valence electrons. The molecule has 3 aromatic carbocycles. The molecule has 1 aliphatic rings. The molecular formula is C33H36N4O8S. The predicted molar refractivity (Wildman–Crippen MR) is 175 cm³/mol. The molecule has 1 aromatic heterocycles. The Morgan fingerprint density at radius 1 is 0.978 bits per heavy atom. The van der Waals surface area contributed by atoms with Gasteiger partial charge in [0.15, 0.2) is 28.2 Å². The van der Waals surface area contributed by atoms with Gasteiger partial charge >= 0.3 is 0 Å². The van der Waals surface area contributed by atoms with E-state index >= 15 is 0 Å². The Kier molecular flexibility index (Phi) is 10.9. The van der Waals surface area contributed by atoms with E-state index in [0.29, 0.717) is 76.5 Å². The number of aromatic nitrogens is 2. The first-order valence-corrected chi connectivity index (χ1v) is 15.8. The number of methoxy groups -OCH3 is 2. The second kappa shape index (κ2) is 15.4. The van der Waals surface area contributed by atoms with Gasteiger partial charge in [-0.25, -0.2) is 4.98 Å². The molecule has 5 rings (SSSR count). The number of hydrogen-bond acceptors (Lipinski definition) is 10. The molecule has 0 bridgehead atoms. The van der Waals surface area contributed by atoms with Crippen molar-refractivity contribution in [3.8, 4) is 28.7 Å². The van der Waals surface area contributed by atoms with E-state index in [0.717, 1.165) is 17.3 Å². The summed E-state index contributed by atoms with van der Waals surface area (Å²) in [4.78, 5) is 43.8. The Morgan fingerprint density at radius 2 is 1.74 bits per heavy atom. The van der Waals surface area contributed by atoms with Crippen molar-refractivity contribution in [1.82, 2.24) is 14.9 Å². The first kappa shape index (κ1) is 32.5. The van der Waals surface area contributed by atoms with Gasteiger partial charge < -0.3 is 34.3 Å². The van der Waals surface area contributed by atoms with Crippen LogP contribution in [0.2, 0.25) is 0 Å². The van der Waals surface area contributed by atoms with E-state index in [1.54, 1.807) is 50.6 Å². The highest BCUT2D eigenvalue weighted by atomic mass is 32.2. The minimum atomic E-state index is -0.286. The molecule has 0 saturated carbocycles. The molecule has 0 radical (unpaired) electrons. The van der Waals surface area contributed by atoms with Crippen LogP contribution in [0.4, 0.5) is 5.69 Å². The average Bonchev–Trinajstić information content (AvgIpc) is 3.52. The normalized spacial score (nSPS) is 11.7. The predicted octanol–water partition coefficient (Wildman–Crippen LogP) is 4.41. The molecule has 1 aliphatic heterocycles. The van der Waals surface area contributed by atoms with Crippen molar-refractivity contribution in [2.75, 3.05) is 45.2 Å². The monoisotopic (exact) mass is 648 g/mol. The fraction of sp³-hybridized carbons (Fsp3) is 0.333. The molecule has 46 heavy (non-hydrogen) atoms. The van der Waals surface area contributed by atoms with E-state index in [1.165, 1.54) is 4.57 Å². The maximum Gasteiger partial charge on any atom is 0.262 e. The summed E-state index contributed by atoms with van der Waals surface area (Å²) in [5.74, 6) is 2.60. The zero-order valence-electron chi connectivity index (χ0n) is 25.9. The average molecular weight is 649 g/mol. The summed E-state index contributed by atoms with van der Waals surface area (Å²) in [6.07, 6.45) is 1.22. The smallest absolute Gasteiger partial charge is 0.262 e. The zero-order valence-corrected chi connectivity index (χ0v) is 26.7. The molecule has 0 atom stereocenters. The maximum absolute atomic E-state index is 13.7. The number of benzene rings is 3. The van der Waals surface area contributed by atoms with Gasteiger partial charge in [0.05, 0.1) is 37.5 Å². The second-order valence-electron chi connectivity index (χ2n) is 10.3. The third-order valence-corrected chi connectivity index (χ3v) is 8.14. The van der Waals surface area contributed by atoms with Crippen LogP contribution in [0.25, 0.3) is 10.9 Å². The van der Waals surface area contributed by atoms with Crippen LogP contribution in [0, 0.1) is 0 Å². The number of anilines is 1. The van der Waals surface area contributed by atoms with Crippen molar-refractivity contribution >= 4 is 40.2 Å². The van der Waals surface area contributed by atoms with Crippen LogP contribution in [0.5, 0.6) is 28.7 Å². The molecule has 0 spiro atoms. The van der Waals surface area contributed by atoms with Crippen LogP contribution >= 0.6 is 11.8 Å². The van der Waals surface area contributed by atoms with Gasteiger partial charge in [0.25, 0.3) is 5.56 Å². The molecule has 0 aliphatic carbocycles. The Labute approximate surface area is 270 Å². The Morgan fingerprint density at radius 3 is 2.48 bits per heavy atom. The fourth-order valence-electron chi connectivity index (χ4n) is 4.89. The topological polar surface area (TPSA) is 139 Å². The number of carbonyl (C=O) groups is 2. The number of rotatable bonds is 15. The van der Waals surface area contributed by atoms with Gasteiger partial charge in [-0.1, -0.05) is 17.8 Å². The summed E-state index contributed by atoms with van der Waals surface area (Å²) >= 11 is 1.15. The molecule has 13 heteroatoms. The molecule has 12 nitrogen and oxygen atoms in total. The number of thioether (sulfide) groups is 1. The number of ether oxygens (including phenoxy) is 5. The number of nitrogens with zero attached hydrogens (tertiary/aromatic N) is 2. The van der Waals surface area contributed by atoms with Crippen molar-refractivity contribution in [1.29, 1.82) is 0 Å². The SMILES string of the molecule is CCOc1ccc(NC(=O)CSc2nc3cc4c(cc3c(=O)n2CCCC(=O)NCCc2ccc(OC)c(OC)c2)OCO4)cc1. The van der Waals surface area contributed by atoms with Crippen molar-refractivity contribution in [3.05, 3.63) is 70.5 Å². The van der Waals surface area contributed by atoms with Crippen LogP contribution in [0.1, 0.15) is 25.3 Å². The van der Waals surface area contributed by atoms with E-state index < -0.39 is 0 Å². The van der Waals surface area contributed by atoms with Crippen LogP contribution < -0.4 is 39.9 Å². The van der Waals surface area contributed by atoms with E-state index in [1.807, 2.05) is 25.1 Å². The Hall–Kier alpha value is -4.91. The summed E-state index contributed by atoms with van der Waals surface area (Å²) in [5, 5.41) is 6.52. The molecule has 2 N–H and O–H groups in total. The molecule has 0 fully saturated rings. The van der Waals surface area contributed by atoms with Gasteiger partial charge in [0.2, 0.25) is 18.6 Å². The van der Waals surface area contributed by atoms with Crippen LogP contribution in [-0.2, 0) is 22.6 Å². The Balaban J connectivity index is 1.22. The fourth-order valence-corrected chi connectivity index (χ4v) is 5.72. The lowest BCUT2D eigenvalue weighted by molar-refractivity contribution is -0.121. The first-order valence-electron chi connectivity index (χ1n) is 14.9. The minimum Gasteiger partial charge on any atom is -0.494 e. The van der Waals surface area contributed by atoms with Crippen molar-refractivity contribution in [2.24, 2.45) is 0 Å². The van der Waals surface area contributed by atoms with Crippen LogP contribution in [-0.4, -0.2) is 61.3 Å². The highest BCUT2D eigenvalue weighted by Crippen LogP contribution is 2.35. The third-order valence-electron chi connectivity index (χ3n) is 7.16. The molecular weight excluding hydrogens is 612 g/mol. The zero-order chi connectivity index (χ0) is 32.5. The van der Waals surface area contributed by atoms with Crippen LogP contribution in [0.3, 0.4) is 0 Å². The largest absolute Gasteiger partial charge is 0.494 e. The number of hydrogen-bond donors (Lipinski definition) is 2. The van der Waals surface area contributed by atoms with Crippen molar-refractivity contribution < 1.29 is 33.3 Å². The lowest BCUT2D eigenvalue weighted by Crippen LogP contribution is -2.27. The van der Waals surface area contributed by atoms with Crippen LogP contribution in [0.15, 0.2) is 64.5 Å². The van der Waals surface area contributed by atoms with Gasteiger partial charge in [-0.05, 0) is 67.8 Å². The Bertz CT molecular complexity index is 1760. The minimum absolute atomic E-state index is 0.0202. The third kappa shape index (κ3) is 8.02. The summed E-state index contributed by atoms with van der Waals surface area (Å²) in [5.41, 5.74) is 1.78. The molecule has 0 unspecified atom stereocenters. The van der Waals surface area contributed by atoms with Gasteiger partial charge in [0.1, 0.15) is 5.75 Å². The number of nitrogens with one attached hydrogen (secondary N) is 2. The number of amides is 2. The summed E-state index contributed by atoms with van der Waals surface area (Å²) in [6, 6.07) is 16.0. The van der Waals surface area contributed by atoms with Gasteiger partial charge in [-0.3, -0.25) is 19.0 Å². The standard InChI is InChI=1S/C33H36N4O8S/c1-4-43-23-10-8-22(9-11-23)35-31(39)19-46-33-36-25-18-29-28(44-20-45-29)17-24(25)32(40)37(33)15-5-6-30(38)34-14-13-21-7-12-26(41-2)27(16-21)42-3/h7-12,16-18H,4-6,13-15,19-20H2,1-3H3,(H,34,38)(H,35,39). The lowest BCUT2D eigenvalue weighted by atomic mass is 10.1. The van der Waals surface area contributed by atoms with Gasteiger partial charge in [-0.2, -0.15) is 0 Å². The van der Waals surface area contributed by atoms with Crippen molar-refractivity contribution in [3.63, 3.8) is 0 Å². The maximum atomic E-state index is 13.7. The van der Waals surface area contributed by atoms with E-state index in [4.69, 9.17) is 28.7 Å². The molecule has 4 aromatic rings. The van der Waals surface area contributed by atoms with Gasteiger partial charge in [0, 0.05) is 31.3 Å². The van der Waals surface area contributed by atoms with E-state index in [-0.39, 0.29) is 42.9 Å². The summed E-state index contributed by atoms with van der Waals surface area (Å²) in [7, 11) is 3.16.